The molecule has 9 heteroatoms. The molecule has 234 valence electrons. The monoisotopic (exact) mass is 576 g/mol. The Labute approximate surface area is 248 Å². The molecule has 1 saturated heterocycles. The predicted octanol–water partition coefficient (Wildman–Crippen LogP) is 3.04. The lowest BCUT2D eigenvalue weighted by molar-refractivity contribution is -0.146. The van der Waals surface area contributed by atoms with Gasteiger partial charge in [0, 0.05) is 40.3 Å². The average Bonchev–Trinajstić information content (AvgIpc) is 3.46. The molecule has 0 bridgehead atoms. The van der Waals surface area contributed by atoms with Gasteiger partial charge in [-0.3, -0.25) is 14.9 Å². The van der Waals surface area contributed by atoms with E-state index in [4.69, 9.17) is 15.2 Å². The van der Waals surface area contributed by atoms with Crippen LogP contribution in [-0.2, 0) is 25.5 Å². The van der Waals surface area contributed by atoms with Crippen LogP contribution in [0.4, 0.5) is 0 Å². The van der Waals surface area contributed by atoms with Crippen molar-refractivity contribution in [3.05, 3.63) is 35.9 Å². The molecule has 1 aliphatic heterocycles. The van der Waals surface area contributed by atoms with Crippen molar-refractivity contribution in [3.63, 3.8) is 0 Å². The number of methoxy groups -OCH3 is 2. The molecule has 0 radical (unpaired) electrons. The third-order valence-corrected chi connectivity index (χ3v) is 8.98. The summed E-state index contributed by atoms with van der Waals surface area (Å²) < 4.78 is 11.8. The van der Waals surface area contributed by atoms with Crippen LogP contribution in [0.15, 0.2) is 30.3 Å². The summed E-state index contributed by atoms with van der Waals surface area (Å²) in [4.78, 5) is 30.6. The van der Waals surface area contributed by atoms with Crippen LogP contribution in [0.5, 0.6) is 0 Å². The van der Waals surface area contributed by atoms with E-state index in [9.17, 15) is 14.7 Å². The maximum Gasteiger partial charge on any atom is 0.239 e. The molecule has 0 aliphatic carbocycles. The number of hydrogen-bond acceptors (Lipinski definition) is 7. The lowest BCUT2D eigenvalue weighted by Crippen LogP contribution is -2.56. The molecule has 0 saturated carbocycles. The van der Waals surface area contributed by atoms with Crippen molar-refractivity contribution >= 4 is 11.8 Å². The zero-order valence-corrected chi connectivity index (χ0v) is 26.6. The van der Waals surface area contributed by atoms with E-state index in [0.29, 0.717) is 13.1 Å². The van der Waals surface area contributed by atoms with Crippen LogP contribution in [0.2, 0.25) is 0 Å². The highest BCUT2D eigenvalue weighted by Gasteiger charge is 2.42. The van der Waals surface area contributed by atoms with E-state index in [1.54, 1.807) is 26.2 Å². The normalized spacial score (nSPS) is 20.8. The van der Waals surface area contributed by atoms with Crippen LogP contribution in [0.1, 0.15) is 65.9 Å². The largest absolute Gasteiger partial charge is 0.379 e. The molecule has 41 heavy (non-hydrogen) atoms. The van der Waals surface area contributed by atoms with E-state index in [1.807, 2.05) is 43.9 Å². The summed E-state index contributed by atoms with van der Waals surface area (Å²) in [6.07, 6.45) is 1.89. The van der Waals surface area contributed by atoms with Gasteiger partial charge in [0.2, 0.25) is 11.8 Å². The number of nitrogens with one attached hydrogen (secondary N) is 1. The second kappa shape index (κ2) is 17.2. The van der Waals surface area contributed by atoms with E-state index < -0.39 is 18.4 Å². The number of likely N-dealkylation sites (N-methyl/N-ethyl adjacent to an activating group) is 1. The number of amides is 2. The molecule has 1 heterocycles. The second-order valence-corrected chi connectivity index (χ2v) is 12.1. The zero-order valence-electron chi connectivity index (χ0n) is 26.6. The van der Waals surface area contributed by atoms with Crippen molar-refractivity contribution in [1.82, 2.24) is 15.1 Å². The minimum Gasteiger partial charge on any atom is -0.379 e. The first kappa shape index (κ1) is 35.2. The third-order valence-electron chi connectivity index (χ3n) is 8.98. The number of aliphatic hydroxyl groups excluding tert-OH is 1. The van der Waals surface area contributed by atoms with Crippen LogP contribution in [0.3, 0.4) is 0 Å². The molecule has 1 aromatic rings. The summed E-state index contributed by atoms with van der Waals surface area (Å²) in [7, 11) is 5.02. The Balaban J connectivity index is 2.11. The molecule has 8 atom stereocenters. The molecule has 9 nitrogen and oxygen atoms in total. The van der Waals surface area contributed by atoms with Crippen LogP contribution < -0.4 is 11.1 Å². The van der Waals surface area contributed by atoms with E-state index in [2.05, 4.69) is 31.3 Å². The van der Waals surface area contributed by atoms with Gasteiger partial charge >= 0.3 is 0 Å². The number of likely N-dealkylation sites (tertiary alicyclic amines) is 1. The number of nitrogens with two attached hydrogens (primary N) is 1. The minimum absolute atomic E-state index is 0.00617. The quantitative estimate of drug-likeness (QED) is 0.244. The summed E-state index contributed by atoms with van der Waals surface area (Å²) in [5.74, 6) is -0.282. The van der Waals surface area contributed by atoms with Gasteiger partial charge in [-0.25, -0.2) is 0 Å². The van der Waals surface area contributed by atoms with Gasteiger partial charge in [-0.2, -0.15) is 0 Å². The molecule has 1 fully saturated rings. The summed E-state index contributed by atoms with van der Waals surface area (Å²) in [6, 6.07) is 9.10. The average molecular weight is 577 g/mol. The summed E-state index contributed by atoms with van der Waals surface area (Å²) in [6.45, 7) is 11.3. The van der Waals surface area contributed by atoms with E-state index in [-0.39, 0.29) is 54.2 Å². The number of benzene rings is 1. The SMILES string of the molecule is CC[C@H](C)[C@@H]([C@@H](CC(=O)N1CCC[C@H]1C(OC)[C@@H](C)[C@H](O)NCCc1ccccc1)OC)N(C)C(=O)[C@@H](N)C(C)C. The van der Waals surface area contributed by atoms with Gasteiger partial charge in [0.05, 0.1) is 36.8 Å². The standard InChI is InChI=1S/C32H56N4O5/c1-9-22(4)29(35(6)32(39)28(33)21(2)3)26(40-7)20-27(37)36-19-13-16-25(36)30(41-8)23(5)31(38)34-18-17-24-14-11-10-12-15-24/h10-12,14-15,21-23,25-26,28-31,34,38H,9,13,16-20,33H2,1-8H3/t22-,23+,25-,26+,28-,29-,30?,31-/m0/s1. The van der Waals surface area contributed by atoms with Gasteiger partial charge in [0.15, 0.2) is 0 Å². The lowest BCUT2D eigenvalue weighted by atomic mass is 9.89. The van der Waals surface area contributed by atoms with Crippen molar-refractivity contribution in [2.75, 3.05) is 34.4 Å². The number of ether oxygens (including phenoxy) is 2. The number of hydrogen-bond donors (Lipinski definition) is 3. The highest BCUT2D eigenvalue weighted by atomic mass is 16.5. The van der Waals surface area contributed by atoms with E-state index >= 15 is 0 Å². The number of carbonyl (C=O) groups is 2. The Kier molecular flexibility index (Phi) is 14.7. The van der Waals surface area contributed by atoms with Gasteiger partial charge in [0.25, 0.3) is 0 Å². The smallest absolute Gasteiger partial charge is 0.239 e. The Hall–Kier alpha value is -2.04. The highest BCUT2D eigenvalue weighted by molar-refractivity contribution is 5.82. The van der Waals surface area contributed by atoms with Gasteiger partial charge < -0.3 is 30.1 Å². The van der Waals surface area contributed by atoms with E-state index in [1.165, 1.54) is 5.56 Å². The molecule has 0 aromatic heterocycles. The first-order chi connectivity index (χ1) is 19.5. The van der Waals surface area contributed by atoms with Gasteiger partial charge in [0.1, 0.15) is 6.23 Å². The summed E-state index contributed by atoms with van der Waals surface area (Å²) >= 11 is 0. The molecule has 1 unspecified atom stereocenters. The van der Waals surface area contributed by atoms with Crippen molar-refractivity contribution in [2.24, 2.45) is 23.5 Å². The fourth-order valence-corrected chi connectivity index (χ4v) is 6.08. The molecule has 2 amide bonds. The van der Waals surface area contributed by atoms with Crippen LogP contribution in [-0.4, -0.2) is 97.6 Å². The first-order valence-corrected chi connectivity index (χ1v) is 15.3. The van der Waals surface area contributed by atoms with Crippen molar-refractivity contribution < 1.29 is 24.2 Å². The van der Waals surface area contributed by atoms with Crippen LogP contribution >= 0.6 is 0 Å². The summed E-state index contributed by atoms with van der Waals surface area (Å²) in [5.41, 5.74) is 7.42. The highest BCUT2D eigenvalue weighted by Crippen LogP contribution is 2.30. The molecular weight excluding hydrogens is 520 g/mol. The Bertz CT molecular complexity index is 917. The number of aliphatic hydroxyl groups is 1. The summed E-state index contributed by atoms with van der Waals surface area (Å²) in [5, 5.41) is 14.2. The first-order valence-electron chi connectivity index (χ1n) is 15.3. The maximum atomic E-state index is 13.8. The van der Waals surface area contributed by atoms with Crippen LogP contribution in [0.25, 0.3) is 0 Å². The van der Waals surface area contributed by atoms with E-state index in [0.717, 1.165) is 25.7 Å². The van der Waals surface area contributed by atoms with Gasteiger partial charge in [-0.1, -0.05) is 71.4 Å². The number of rotatable bonds is 17. The zero-order chi connectivity index (χ0) is 30.7. The minimum atomic E-state index is -0.771. The molecular formula is C32H56N4O5. The Morgan fingerprint density at radius 3 is 2.37 bits per heavy atom. The predicted molar refractivity (Wildman–Crippen MR) is 163 cm³/mol. The fraction of sp³-hybridized carbons (Fsp3) is 0.750. The molecule has 1 aliphatic rings. The molecule has 1 aromatic carbocycles. The third kappa shape index (κ3) is 9.48. The van der Waals surface area contributed by atoms with Gasteiger partial charge in [-0.15, -0.1) is 0 Å². The van der Waals surface area contributed by atoms with Crippen molar-refractivity contribution in [3.8, 4) is 0 Å². The molecule has 0 spiro atoms. The van der Waals surface area contributed by atoms with Crippen LogP contribution in [0, 0.1) is 17.8 Å². The Morgan fingerprint density at radius 2 is 1.80 bits per heavy atom. The molecule has 4 N–H and O–H groups in total. The maximum absolute atomic E-state index is 13.8. The molecule has 2 rings (SSSR count). The van der Waals surface area contributed by atoms with Crippen molar-refractivity contribution in [2.45, 2.75) is 103 Å². The Morgan fingerprint density at radius 1 is 1.15 bits per heavy atom. The van der Waals surface area contributed by atoms with Gasteiger partial charge in [-0.05, 0) is 36.7 Å². The van der Waals surface area contributed by atoms with Crippen molar-refractivity contribution in [1.29, 1.82) is 0 Å². The topological polar surface area (TPSA) is 117 Å². The number of carbonyl (C=O) groups excluding carboxylic acids is 2. The fourth-order valence-electron chi connectivity index (χ4n) is 6.08. The second-order valence-electron chi connectivity index (χ2n) is 12.1. The lowest BCUT2D eigenvalue weighted by Gasteiger charge is -2.40. The number of nitrogens with zero attached hydrogens (tertiary/aromatic N) is 2.